The number of nitrogens with zero attached hydrogens (tertiary/aromatic N) is 4. The number of hydrogen-bond donors (Lipinski definition) is 2. The molecule has 2 aromatic carbocycles. The molecule has 1 amide bonds. The average molecular weight is 659 g/mol. The highest BCUT2D eigenvalue weighted by atomic mass is 19.4. The van der Waals surface area contributed by atoms with Gasteiger partial charge in [-0.1, -0.05) is 24.3 Å². The van der Waals surface area contributed by atoms with Crippen LogP contribution in [0.15, 0.2) is 73.1 Å². The van der Waals surface area contributed by atoms with Gasteiger partial charge in [-0.3, -0.25) is 14.5 Å². The van der Waals surface area contributed by atoms with Gasteiger partial charge < -0.3 is 20.1 Å². The summed E-state index contributed by atoms with van der Waals surface area (Å²) in [7, 11) is 0. The van der Waals surface area contributed by atoms with Gasteiger partial charge in [0.15, 0.2) is 5.78 Å². The highest BCUT2D eigenvalue weighted by Crippen LogP contribution is 2.39. The van der Waals surface area contributed by atoms with E-state index in [2.05, 4.69) is 15.3 Å². The quantitative estimate of drug-likeness (QED) is 0.215. The van der Waals surface area contributed by atoms with Crippen LogP contribution < -0.4 is 10.2 Å². The Labute approximate surface area is 266 Å². The third kappa shape index (κ3) is 6.70. The monoisotopic (exact) mass is 658 g/mol. The number of aromatic nitrogens is 2. The van der Waals surface area contributed by atoms with Crippen LogP contribution in [0.25, 0.3) is 10.9 Å². The van der Waals surface area contributed by atoms with Crippen LogP contribution in [0.4, 0.5) is 32.2 Å². The van der Waals surface area contributed by atoms with E-state index in [0.29, 0.717) is 55.1 Å². The molecule has 0 bridgehead atoms. The van der Waals surface area contributed by atoms with Crippen molar-refractivity contribution >= 4 is 28.4 Å². The molecule has 2 aliphatic heterocycles. The molecule has 8 nitrogen and oxygen atoms in total. The fraction of sp³-hybridized carbons (Fsp3) is 0.364. The zero-order valence-corrected chi connectivity index (χ0v) is 25.2. The maximum Gasteiger partial charge on any atom is 0.416 e. The van der Waals surface area contributed by atoms with Gasteiger partial charge in [0.25, 0.3) is 0 Å². The zero-order valence-electron chi connectivity index (χ0n) is 25.2. The number of hydrogen-bond acceptors (Lipinski definition) is 6. The van der Waals surface area contributed by atoms with E-state index in [4.69, 9.17) is 0 Å². The predicted octanol–water partition coefficient (Wildman–Crippen LogP) is 5.02. The summed E-state index contributed by atoms with van der Waals surface area (Å²) in [6.07, 6.45) is -7.30. The second kappa shape index (κ2) is 12.6. The molecule has 6 rings (SSSR count). The third-order valence-electron chi connectivity index (χ3n) is 8.84. The fourth-order valence-corrected chi connectivity index (χ4v) is 6.53. The van der Waals surface area contributed by atoms with Crippen molar-refractivity contribution < 1.29 is 35.9 Å². The van der Waals surface area contributed by atoms with Gasteiger partial charge >= 0.3 is 12.4 Å². The molecule has 2 aromatic heterocycles. The molecule has 0 saturated carbocycles. The summed E-state index contributed by atoms with van der Waals surface area (Å²) in [6, 6.07) is 13.2. The van der Waals surface area contributed by atoms with Gasteiger partial charge in [0, 0.05) is 74.5 Å². The van der Waals surface area contributed by atoms with Crippen molar-refractivity contribution in [1.29, 1.82) is 0 Å². The van der Waals surface area contributed by atoms with E-state index in [1.54, 1.807) is 53.7 Å². The van der Waals surface area contributed by atoms with Crippen LogP contribution in [-0.2, 0) is 23.6 Å². The SMILES string of the molecule is O=C(CN1CCNCC1)N1CCN(c2ccccn2)CC1(Cc1c[nH]c2ccccc12)C(=O)c1cc(C(F)(F)F)cc(C(F)(F)F)c1. The topological polar surface area (TPSA) is 84.6 Å². The Morgan fingerprint density at radius 1 is 0.851 bits per heavy atom. The summed E-state index contributed by atoms with van der Waals surface area (Å²) >= 11 is 0. The highest BCUT2D eigenvalue weighted by Gasteiger charge is 2.52. The van der Waals surface area contributed by atoms with Gasteiger partial charge in [0.1, 0.15) is 11.4 Å². The minimum Gasteiger partial charge on any atom is -0.361 e. The molecule has 0 spiro atoms. The lowest BCUT2D eigenvalue weighted by Gasteiger charge is -2.50. The summed E-state index contributed by atoms with van der Waals surface area (Å²) in [5.41, 5.74) is -4.59. The Morgan fingerprint density at radius 2 is 1.53 bits per heavy atom. The highest BCUT2D eigenvalue weighted by molar-refractivity contribution is 6.07. The van der Waals surface area contributed by atoms with Crippen LogP contribution in [-0.4, -0.2) is 89.4 Å². The number of carbonyl (C=O) groups is 2. The van der Waals surface area contributed by atoms with Crippen molar-refractivity contribution in [1.82, 2.24) is 25.1 Å². The van der Waals surface area contributed by atoms with Crippen molar-refractivity contribution in [3.63, 3.8) is 0 Å². The number of ketones is 1. The molecule has 47 heavy (non-hydrogen) atoms. The number of carbonyl (C=O) groups excluding carboxylic acids is 2. The lowest BCUT2D eigenvalue weighted by molar-refractivity contribution is -0.143. The lowest BCUT2D eigenvalue weighted by Crippen LogP contribution is -2.70. The number of H-pyrrole nitrogens is 1. The molecule has 4 aromatic rings. The van der Waals surface area contributed by atoms with Gasteiger partial charge in [0.05, 0.1) is 24.2 Å². The standard InChI is InChI=1S/C33H32F6N6O2/c34-32(35,36)24-15-22(16-25(17-24)33(37,38)39)30(47)31(18-23-19-42-27-6-2-1-5-26(23)27)21-44(28-7-3-4-8-41-28)13-14-45(31)29(46)20-43-11-9-40-10-12-43/h1-8,15-17,19,40,42H,9-14,18,20-21H2. The molecule has 1 atom stereocenters. The minimum absolute atomic E-state index is 0.00249. The number of piperazine rings is 2. The number of rotatable bonds is 7. The van der Waals surface area contributed by atoms with Crippen LogP contribution in [0.5, 0.6) is 0 Å². The van der Waals surface area contributed by atoms with Crippen LogP contribution in [0.3, 0.4) is 0 Å². The maximum absolute atomic E-state index is 14.9. The second-order valence-electron chi connectivity index (χ2n) is 11.9. The first kappa shape index (κ1) is 32.5. The van der Waals surface area contributed by atoms with Crippen LogP contribution >= 0.6 is 0 Å². The Bertz CT molecular complexity index is 1720. The van der Waals surface area contributed by atoms with E-state index in [1.807, 2.05) is 11.0 Å². The fourth-order valence-electron chi connectivity index (χ4n) is 6.53. The molecular formula is C33H32F6N6O2. The Kier molecular flexibility index (Phi) is 8.74. The summed E-state index contributed by atoms with van der Waals surface area (Å²) in [6.45, 7) is 2.36. The van der Waals surface area contributed by atoms with E-state index >= 15 is 0 Å². The predicted molar refractivity (Wildman–Crippen MR) is 163 cm³/mol. The summed E-state index contributed by atoms with van der Waals surface area (Å²) in [4.78, 5) is 41.7. The second-order valence-corrected chi connectivity index (χ2v) is 11.9. The van der Waals surface area contributed by atoms with E-state index in [9.17, 15) is 35.9 Å². The average Bonchev–Trinajstić information content (AvgIpc) is 3.46. The molecule has 248 valence electrons. The molecule has 4 heterocycles. The largest absolute Gasteiger partial charge is 0.416 e. The van der Waals surface area contributed by atoms with Crippen molar-refractivity contribution in [3.05, 3.63) is 95.3 Å². The first-order valence-corrected chi connectivity index (χ1v) is 15.1. The summed E-state index contributed by atoms with van der Waals surface area (Å²) in [5.74, 6) is -1.00. The number of alkyl halides is 6. The molecule has 0 aliphatic carbocycles. The smallest absolute Gasteiger partial charge is 0.361 e. The number of Topliss-reactive ketones (excluding diaryl/α,β-unsaturated/α-hetero) is 1. The summed E-state index contributed by atoms with van der Waals surface area (Å²) in [5, 5.41) is 3.92. The van der Waals surface area contributed by atoms with Crippen molar-refractivity contribution in [2.24, 2.45) is 0 Å². The number of para-hydroxylation sites is 1. The molecule has 2 saturated heterocycles. The van der Waals surface area contributed by atoms with Crippen molar-refractivity contribution in [3.8, 4) is 0 Å². The van der Waals surface area contributed by atoms with Crippen molar-refractivity contribution in [2.45, 2.75) is 24.3 Å². The zero-order chi connectivity index (χ0) is 33.4. The number of nitrogens with one attached hydrogen (secondary N) is 2. The van der Waals surface area contributed by atoms with Gasteiger partial charge in [-0.05, 0) is 42.0 Å². The third-order valence-corrected chi connectivity index (χ3v) is 8.84. The van der Waals surface area contributed by atoms with Crippen LogP contribution in [0, 0.1) is 0 Å². The van der Waals surface area contributed by atoms with Crippen molar-refractivity contribution in [2.75, 3.05) is 57.3 Å². The number of pyridine rings is 1. The first-order chi connectivity index (χ1) is 22.3. The van der Waals surface area contributed by atoms with Gasteiger partial charge in [-0.25, -0.2) is 4.98 Å². The molecule has 0 radical (unpaired) electrons. The Morgan fingerprint density at radius 3 is 2.19 bits per heavy atom. The van der Waals surface area contributed by atoms with Gasteiger partial charge in [0.2, 0.25) is 5.91 Å². The van der Waals surface area contributed by atoms with Gasteiger partial charge in [-0.2, -0.15) is 26.3 Å². The number of halogens is 6. The molecular weight excluding hydrogens is 626 g/mol. The molecule has 2 fully saturated rings. The van der Waals surface area contributed by atoms with Gasteiger partial charge in [-0.15, -0.1) is 0 Å². The molecule has 14 heteroatoms. The number of fused-ring (bicyclic) bond motifs is 1. The number of aromatic amines is 1. The molecule has 1 unspecified atom stereocenters. The Balaban J connectivity index is 1.54. The van der Waals surface area contributed by atoms with E-state index < -0.39 is 46.3 Å². The molecule has 2 aliphatic rings. The number of benzene rings is 2. The van der Waals surface area contributed by atoms with E-state index in [1.165, 1.54) is 4.90 Å². The van der Waals surface area contributed by atoms with Crippen LogP contribution in [0.2, 0.25) is 0 Å². The molecule has 2 N–H and O–H groups in total. The minimum atomic E-state index is -5.16. The van der Waals surface area contributed by atoms with E-state index in [-0.39, 0.29) is 38.7 Å². The lowest BCUT2D eigenvalue weighted by atomic mass is 9.79. The van der Waals surface area contributed by atoms with Crippen LogP contribution in [0.1, 0.15) is 27.0 Å². The number of anilines is 1. The normalized spacial score (nSPS) is 19.7. The number of amides is 1. The first-order valence-electron chi connectivity index (χ1n) is 15.1. The Hall–Kier alpha value is -4.43. The van der Waals surface area contributed by atoms with E-state index in [0.717, 1.165) is 5.52 Å². The maximum atomic E-state index is 14.9. The summed E-state index contributed by atoms with van der Waals surface area (Å²) < 4.78 is 83.9.